The van der Waals surface area contributed by atoms with E-state index in [1.165, 1.54) is 47.1 Å². The van der Waals surface area contributed by atoms with Crippen LogP contribution in [0.25, 0.3) is 11.1 Å². The summed E-state index contributed by atoms with van der Waals surface area (Å²) in [6.45, 7) is 3.96. The molecule has 3 aromatic rings. The highest BCUT2D eigenvalue weighted by Crippen LogP contribution is 2.26. The first-order valence-electron chi connectivity index (χ1n) is 15.4. The van der Waals surface area contributed by atoms with Crippen molar-refractivity contribution in [2.45, 2.75) is 63.8 Å². The predicted octanol–water partition coefficient (Wildman–Crippen LogP) is 6.73. The lowest BCUT2D eigenvalue weighted by atomic mass is 9.95. The van der Waals surface area contributed by atoms with Gasteiger partial charge in [-0.3, -0.25) is 0 Å². The number of likely N-dealkylation sites (N-methyl/N-ethyl adjacent to an activating group) is 1. The van der Waals surface area contributed by atoms with Crippen LogP contribution in [0.1, 0.15) is 48.8 Å². The first-order valence-corrected chi connectivity index (χ1v) is 15.4. The lowest BCUT2D eigenvalue weighted by Crippen LogP contribution is -2.47. The Labute approximate surface area is 264 Å². The average Bonchev–Trinajstić information content (AvgIpc) is 3.02. The molecule has 0 spiro atoms. The second-order valence-corrected chi connectivity index (χ2v) is 11.6. The molecule has 7 nitrogen and oxygen atoms in total. The fourth-order valence-corrected chi connectivity index (χ4v) is 5.14. The third-order valence-electron chi connectivity index (χ3n) is 7.69. The number of amides is 2. The third kappa shape index (κ3) is 12.9. The summed E-state index contributed by atoms with van der Waals surface area (Å²) in [5.41, 5.74) is 6.20. The molecule has 0 saturated heterocycles. The summed E-state index contributed by atoms with van der Waals surface area (Å²) in [7, 11) is 4.12. The van der Waals surface area contributed by atoms with Crippen LogP contribution in [0.4, 0.5) is 18.0 Å². The van der Waals surface area contributed by atoms with Gasteiger partial charge in [0.25, 0.3) is 0 Å². The fraction of sp³-hybridized carbons (Fsp3) is 0.429. The Morgan fingerprint density at radius 1 is 0.844 bits per heavy atom. The number of carbonyl (C=O) groups is 2. The predicted molar refractivity (Wildman–Crippen MR) is 172 cm³/mol. The highest BCUT2D eigenvalue weighted by atomic mass is 19.4. The summed E-state index contributed by atoms with van der Waals surface area (Å²) in [5.74, 6) is -2.76. The van der Waals surface area contributed by atoms with E-state index in [1.807, 2.05) is 4.90 Å². The number of benzene rings is 3. The summed E-state index contributed by atoms with van der Waals surface area (Å²) in [6.07, 6.45) is 1.85. The maximum atomic E-state index is 13.3. The number of carboxylic acids is 1. The van der Waals surface area contributed by atoms with Crippen LogP contribution in [0.15, 0.2) is 78.9 Å². The first-order chi connectivity index (χ1) is 21.5. The number of urea groups is 1. The normalized spacial score (nSPS) is 13.6. The Bertz CT molecular complexity index is 1310. The van der Waals surface area contributed by atoms with Gasteiger partial charge in [-0.2, -0.15) is 13.2 Å². The van der Waals surface area contributed by atoms with Gasteiger partial charge in [-0.25, -0.2) is 9.59 Å². The average molecular weight is 627 g/mol. The molecule has 1 aliphatic carbocycles. The lowest BCUT2D eigenvalue weighted by Gasteiger charge is -2.30. The Balaban J connectivity index is 0.000000707. The number of hydrogen-bond acceptors (Lipinski definition) is 4. The number of carbonyl (C=O) groups excluding carboxylic acids is 1. The van der Waals surface area contributed by atoms with E-state index in [1.54, 1.807) is 0 Å². The number of alkyl halides is 3. The molecule has 0 aliphatic heterocycles. The molecule has 1 fully saturated rings. The minimum atomic E-state index is -5.08. The fourth-order valence-electron chi connectivity index (χ4n) is 5.14. The van der Waals surface area contributed by atoms with Crippen molar-refractivity contribution in [2.75, 3.05) is 33.7 Å². The zero-order chi connectivity index (χ0) is 32.7. The second kappa shape index (κ2) is 18.2. The van der Waals surface area contributed by atoms with Crippen LogP contribution in [0, 0.1) is 0 Å². The topological polar surface area (TPSA) is 84.9 Å². The van der Waals surface area contributed by atoms with Crippen molar-refractivity contribution >= 4 is 12.0 Å². The molecule has 3 N–H and O–H groups in total. The molecule has 0 heterocycles. The van der Waals surface area contributed by atoms with E-state index < -0.39 is 12.1 Å². The van der Waals surface area contributed by atoms with E-state index >= 15 is 0 Å². The van der Waals surface area contributed by atoms with Gasteiger partial charge in [0.2, 0.25) is 0 Å². The van der Waals surface area contributed by atoms with Gasteiger partial charge in [0.15, 0.2) is 0 Å². The van der Waals surface area contributed by atoms with Crippen LogP contribution in [0.3, 0.4) is 0 Å². The number of hydrogen-bond donors (Lipinski definition) is 3. The van der Waals surface area contributed by atoms with E-state index in [-0.39, 0.29) is 6.03 Å². The van der Waals surface area contributed by atoms with Crippen molar-refractivity contribution in [3.8, 4) is 11.1 Å². The molecule has 45 heavy (non-hydrogen) atoms. The van der Waals surface area contributed by atoms with Crippen LogP contribution in [0.5, 0.6) is 0 Å². The van der Waals surface area contributed by atoms with Gasteiger partial charge < -0.3 is 25.5 Å². The molecule has 4 rings (SSSR count). The molecule has 0 bridgehead atoms. The number of aliphatic carboxylic acids is 1. The number of carboxylic acid groups (broad SMARTS) is 1. The Kier molecular flexibility index (Phi) is 14.4. The number of nitrogens with zero attached hydrogens (tertiary/aromatic N) is 2. The standard InChI is InChI=1S/C33H44N4O.C2HF3O2/c1-36(2)23-24-37(33(38)35-31-14-7-4-8-15-31)26-30-13-9-10-16-32(30)29-19-17-28(18-20-29)25-34-22-21-27-11-5-3-6-12-27;3-2(4,5)1(6)7/h3,5-6,9-13,16-20,31,34H,4,7-8,14-15,21-26H2,1-2H3,(H,35,38);(H,6,7). The smallest absolute Gasteiger partial charge is 0.475 e. The van der Waals surface area contributed by atoms with Crippen molar-refractivity contribution in [1.29, 1.82) is 0 Å². The number of halogens is 3. The highest BCUT2D eigenvalue weighted by Gasteiger charge is 2.38. The van der Waals surface area contributed by atoms with Crippen molar-refractivity contribution in [1.82, 2.24) is 20.4 Å². The molecule has 1 aliphatic rings. The van der Waals surface area contributed by atoms with Crippen LogP contribution in [-0.4, -0.2) is 72.9 Å². The van der Waals surface area contributed by atoms with Gasteiger partial charge in [0, 0.05) is 32.2 Å². The van der Waals surface area contributed by atoms with E-state index in [0.717, 1.165) is 38.9 Å². The van der Waals surface area contributed by atoms with Gasteiger partial charge in [-0.15, -0.1) is 0 Å². The summed E-state index contributed by atoms with van der Waals surface area (Å²) in [4.78, 5) is 26.3. The zero-order valence-electron chi connectivity index (χ0n) is 26.2. The second-order valence-electron chi connectivity index (χ2n) is 11.6. The van der Waals surface area contributed by atoms with Crippen molar-refractivity contribution in [2.24, 2.45) is 0 Å². The van der Waals surface area contributed by atoms with Crippen LogP contribution >= 0.6 is 0 Å². The van der Waals surface area contributed by atoms with E-state index in [2.05, 4.69) is 108 Å². The molecule has 244 valence electrons. The number of rotatable bonds is 12. The first kappa shape index (κ1) is 35.6. The van der Waals surface area contributed by atoms with Gasteiger partial charge in [0.05, 0.1) is 0 Å². The number of nitrogens with one attached hydrogen (secondary N) is 2. The molecule has 3 aromatic carbocycles. The largest absolute Gasteiger partial charge is 0.490 e. The molecule has 0 unspecified atom stereocenters. The van der Waals surface area contributed by atoms with E-state index in [0.29, 0.717) is 19.1 Å². The highest BCUT2D eigenvalue weighted by molar-refractivity contribution is 5.75. The summed E-state index contributed by atoms with van der Waals surface area (Å²) >= 11 is 0. The van der Waals surface area contributed by atoms with Crippen LogP contribution < -0.4 is 10.6 Å². The Morgan fingerprint density at radius 2 is 1.47 bits per heavy atom. The lowest BCUT2D eigenvalue weighted by molar-refractivity contribution is -0.192. The van der Waals surface area contributed by atoms with Crippen LogP contribution in [0.2, 0.25) is 0 Å². The van der Waals surface area contributed by atoms with Gasteiger partial charge in [-0.1, -0.05) is 98.1 Å². The van der Waals surface area contributed by atoms with Gasteiger partial charge in [0.1, 0.15) is 0 Å². The molecular weight excluding hydrogens is 581 g/mol. The SMILES string of the molecule is CN(C)CCN(Cc1ccccc1-c1ccc(CNCCc2ccccc2)cc1)C(=O)NC1CCCCC1.O=C(O)C(F)(F)F. The quantitative estimate of drug-likeness (QED) is 0.194. The van der Waals surface area contributed by atoms with Gasteiger partial charge in [-0.05, 0) is 67.7 Å². The summed E-state index contributed by atoms with van der Waals surface area (Å²) in [5, 5.41) is 14.0. The van der Waals surface area contributed by atoms with E-state index in [9.17, 15) is 18.0 Å². The van der Waals surface area contributed by atoms with Crippen molar-refractivity contribution in [3.63, 3.8) is 0 Å². The zero-order valence-corrected chi connectivity index (χ0v) is 26.2. The van der Waals surface area contributed by atoms with Crippen molar-refractivity contribution in [3.05, 3.63) is 95.6 Å². The summed E-state index contributed by atoms with van der Waals surface area (Å²) in [6, 6.07) is 28.3. The van der Waals surface area contributed by atoms with Gasteiger partial charge >= 0.3 is 18.2 Å². The molecule has 0 atom stereocenters. The minimum Gasteiger partial charge on any atom is -0.475 e. The molecule has 2 amide bonds. The van der Waals surface area contributed by atoms with Crippen molar-refractivity contribution < 1.29 is 27.9 Å². The molecule has 1 saturated carbocycles. The monoisotopic (exact) mass is 626 g/mol. The minimum absolute atomic E-state index is 0.0606. The molecule has 0 aromatic heterocycles. The summed E-state index contributed by atoms with van der Waals surface area (Å²) < 4.78 is 31.7. The van der Waals surface area contributed by atoms with Crippen LogP contribution in [-0.2, 0) is 24.3 Å². The maximum Gasteiger partial charge on any atom is 0.490 e. The molecule has 0 radical (unpaired) electrons. The Morgan fingerprint density at radius 3 is 2.09 bits per heavy atom. The van der Waals surface area contributed by atoms with E-state index in [4.69, 9.17) is 9.90 Å². The maximum absolute atomic E-state index is 13.3. The molecular formula is C35H45F3N4O3. The molecule has 10 heteroatoms. The Hall–Kier alpha value is -3.89. The third-order valence-corrected chi connectivity index (χ3v) is 7.69.